The Morgan fingerprint density at radius 3 is 2.45 bits per heavy atom. The van der Waals surface area contributed by atoms with Gasteiger partial charge in [0, 0.05) is 17.8 Å². The van der Waals surface area contributed by atoms with E-state index in [1.807, 2.05) is 0 Å². The largest absolute Gasteiger partial charge is 0.479 e. The van der Waals surface area contributed by atoms with Crippen LogP contribution in [-0.2, 0) is 4.79 Å². The number of aromatic nitrogens is 1. The maximum Gasteiger partial charge on any atom is 0.330 e. The van der Waals surface area contributed by atoms with Gasteiger partial charge in [0.25, 0.3) is 5.91 Å². The van der Waals surface area contributed by atoms with Gasteiger partial charge in [-0.3, -0.25) is 9.59 Å². The first-order valence-corrected chi connectivity index (χ1v) is 5.85. The lowest BCUT2D eigenvalue weighted by molar-refractivity contribution is -0.139. The summed E-state index contributed by atoms with van der Waals surface area (Å²) >= 11 is 0. The molecule has 1 unspecified atom stereocenters. The molecule has 2 rings (SSSR count). The molecule has 1 amide bonds. The number of carboxylic acid groups (broad SMARTS) is 1. The van der Waals surface area contributed by atoms with Gasteiger partial charge in [-0.25, -0.2) is 4.79 Å². The summed E-state index contributed by atoms with van der Waals surface area (Å²) in [4.78, 5) is 36.7. The summed E-state index contributed by atoms with van der Waals surface area (Å²) in [5, 5.41) is 11.6. The van der Waals surface area contributed by atoms with Gasteiger partial charge in [-0.1, -0.05) is 30.3 Å². The Hall–Kier alpha value is -2.89. The van der Waals surface area contributed by atoms with Crippen molar-refractivity contribution in [3.63, 3.8) is 0 Å². The first kappa shape index (κ1) is 13.5. The van der Waals surface area contributed by atoms with Gasteiger partial charge in [0.15, 0.2) is 6.04 Å². The lowest BCUT2D eigenvalue weighted by atomic mass is 10.1. The number of H-pyrrole nitrogens is 1. The van der Waals surface area contributed by atoms with E-state index in [1.54, 1.807) is 30.3 Å². The maximum absolute atomic E-state index is 12.0. The van der Waals surface area contributed by atoms with Crippen molar-refractivity contribution in [2.24, 2.45) is 0 Å². The summed E-state index contributed by atoms with van der Waals surface area (Å²) in [6, 6.07) is 9.69. The molecule has 0 aliphatic rings. The van der Waals surface area contributed by atoms with E-state index in [9.17, 15) is 19.5 Å². The first-order valence-electron chi connectivity index (χ1n) is 5.85. The summed E-state index contributed by atoms with van der Waals surface area (Å²) < 4.78 is 0. The summed E-state index contributed by atoms with van der Waals surface area (Å²) in [6.45, 7) is 0. The highest BCUT2D eigenvalue weighted by Crippen LogP contribution is 2.13. The van der Waals surface area contributed by atoms with E-state index in [2.05, 4.69) is 10.3 Å². The molecule has 3 N–H and O–H groups in total. The summed E-state index contributed by atoms with van der Waals surface area (Å²) in [5.41, 5.74) is 0.137. The van der Waals surface area contributed by atoms with Gasteiger partial charge in [0.1, 0.15) is 0 Å². The lowest BCUT2D eigenvalue weighted by Gasteiger charge is -2.14. The average molecular weight is 272 g/mol. The molecule has 6 heteroatoms. The van der Waals surface area contributed by atoms with Crippen LogP contribution in [-0.4, -0.2) is 22.0 Å². The predicted octanol–water partition coefficient (Wildman–Crippen LogP) is 0.931. The van der Waals surface area contributed by atoms with Gasteiger partial charge in [-0.05, 0) is 11.6 Å². The van der Waals surface area contributed by atoms with Crippen molar-refractivity contribution in [1.82, 2.24) is 10.3 Å². The number of aromatic amines is 1. The quantitative estimate of drug-likeness (QED) is 0.771. The second-order valence-corrected chi connectivity index (χ2v) is 4.10. The summed E-state index contributed by atoms with van der Waals surface area (Å²) in [6.07, 6.45) is 1.33. The van der Waals surface area contributed by atoms with E-state index in [0.29, 0.717) is 5.56 Å². The van der Waals surface area contributed by atoms with Crippen LogP contribution in [0.25, 0.3) is 0 Å². The van der Waals surface area contributed by atoms with E-state index >= 15 is 0 Å². The van der Waals surface area contributed by atoms with Gasteiger partial charge >= 0.3 is 5.97 Å². The third-order valence-corrected chi connectivity index (χ3v) is 2.69. The van der Waals surface area contributed by atoms with E-state index in [0.717, 1.165) is 6.07 Å². The van der Waals surface area contributed by atoms with Crippen LogP contribution < -0.4 is 10.9 Å². The van der Waals surface area contributed by atoms with Crippen LogP contribution >= 0.6 is 0 Å². The third kappa shape index (κ3) is 3.11. The van der Waals surface area contributed by atoms with Gasteiger partial charge < -0.3 is 15.4 Å². The fourth-order valence-corrected chi connectivity index (χ4v) is 1.73. The molecule has 102 valence electrons. The zero-order chi connectivity index (χ0) is 14.5. The van der Waals surface area contributed by atoms with E-state index in [4.69, 9.17) is 0 Å². The Morgan fingerprint density at radius 1 is 1.15 bits per heavy atom. The van der Waals surface area contributed by atoms with Crippen molar-refractivity contribution in [3.05, 3.63) is 70.1 Å². The number of amides is 1. The van der Waals surface area contributed by atoms with Crippen LogP contribution in [0.2, 0.25) is 0 Å². The van der Waals surface area contributed by atoms with E-state index in [1.165, 1.54) is 12.3 Å². The van der Waals surface area contributed by atoms with Gasteiger partial charge in [-0.2, -0.15) is 0 Å². The number of aliphatic carboxylic acids is 1. The predicted molar refractivity (Wildman–Crippen MR) is 71.3 cm³/mol. The number of hydrogen-bond donors (Lipinski definition) is 3. The number of carbonyl (C=O) groups excluding carboxylic acids is 1. The van der Waals surface area contributed by atoms with Gasteiger partial charge in [0.2, 0.25) is 5.56 Å². The number of hydrogen-bond acceptors (Lipinski definition) is 3. The van der Waals surface area contributed by atoms with Crippen molar-refractivity contribution in [2.45, 2.75) is 6.04 Å². The molecule has 0 aliphatic heterocycles. The van der Waals surface area contributed by atoms with Crippen LogP contribution in [0, 0.1) is 0 Å². The van der Waals surface area contributed by atoms with Crippen molar-refractivity contribution in [2.75, 3.05) is 0 Å². The minimum Gasteiger partial charge on any atom is -0.479 e. The highest BCUT2D eigenvalue weighted by molar-refractivity contribution is 5.96. The van der Waals surface area contributed by atoms with Crippen LogP contribution in [0.15, 0.2) is 53.5 Å². The van der Waals surface area contributed by atoms with Crippen LogP contribution in [0.4, 0.5) is 0 Å². The molecule has 2 aromatic rings. The molecule has 0 fully saturated rings. The molecule has 0 saturated heterocycles. The molecule has 0 spiro atoms. The molecule has 1 heterocycles. The minimum atomic E-state index is -1.17. The number of rotatable bonds is 4. The number of benzene rings is 1. The van der Waals surface area contributed by atoms with Gasteiger partial charge in [-0.15, -0.1) is 0 Å². The van der Waals surface area contributed by atoms with Crippen molar-refractivity contribution in [3.8, 4) is 0 Å². The zero-order valence-electron chi connectivity index (χ0n) is 10.4. The number of pyridine rings is 1. The average Bonchev–Trinajstić information content (AvgIpc) is 2.45. The van der Waals surface area contributed by atoms with Crippen LogP contribution in [0.1, 0.15) is 22.0 Å². The molecule has 6 nitrogen and oxygen atoms in total. The second-order valence-electron chi connectivity index (χ2n) is 4.10. The van der Waals surface area contributed by atoms with Crippen molar-refractivity contribution in [1.29, 1.82) is 0 Å². The Bertz CT molecular complexity index is 679. The second kappa shape index (κ2) is 5.83. The number of nitrogens with one attached hydrogen (secondary N) is 2. The molecule has 0 radical (unpaired) electrons. The molecule has 0 bridgehead atoms. The Kier molecular flexibility index (Phi) is 3.95. The lowest BCUT2D eigenvalue weighted by Crippen LogP contribution is -2.34. The highest BCUT2D eigenvalue weighted by Gasteiger charge is 2.22. The zero-order valence-corrected chi connectivity index (χ0v) is 10.4. The number of carbonyl (C=O) groups is 2. The molecular formula is C14H12N2O4. The summed E-state index contributed by atoms with van der Waals surface area (Å²) in [5.74, 6) is -1.79. The normalized spacial score (nSPS) is 11.6. The van der Waals surface area contributed by atoms with Crippen molar-refractivity contribution >= 4 is 11.9 Å². The Labute approximate surface area is 114 Å². The van der Waals surface area contributed by atoms with Crippen LogP contribution in [0.3, 0.4) is 0 Å². The monoisotopic (exact) mass is 272 g/mol. The molecule has 1 aromatic carbocycles. The Balaban J connectivity index is 2.23. The van der Waals surface area contributed by atoms with Crippen molar-refractivity contribution < 1.29 is 14.7 Å². The standard InChI is InChI=1S/C14H12N2O4/c17-11-8-10(6-7-15-11)13(18)16-12(14(19)20)9-4-2-1-3-5-9/h1-8,12H,(H,15,17)(H,16,18)(H,19,20). The fourth-order valence-electron chi connectivity index (χ4n) is 1.73. The number of carboxylic acids is 1. The fraction of sp³-hybridized carbons (Fsp3) is 0.0714. The smallest absolute Gasteiger partial charge is 0.330 e. The van der Waals surface area contributed by atoms with Gasteiger partial charge in [0.05, 0.1) is 0 Å². The molecule has 1 aromatic heterocycles. The summed E-state index contributed by atoms with van der Waals surface area (Å²) in [7, 11) is 0. The third-order valence-electron chi connectivity index (χ3n) is 2.69. The Morgan fingerprint density at radius 2 is 1.85 bits per heavy atom. The van der Waals surface area contributed by atoms with E-state index in [-0.39, 0.29) is 5.56 Å². The molecule has 0 aliphatic carbocycles. The molecule has 20 heavy (non-hydrogen) atoms. The SMILES string of the molecule is O=C(NC(C(=O)O)c1ccccc1)c1cc[nH]c(=O)c1. The highest BCUT2D eigenvalue weighted by atomic mass is 16.4. The van der Waals surface area contributed by atoms with Crippen LogP contribution in [0.5, 0.6) is 0 Å². The topological polar surface area (TPSA) is 99.3 Å². The first-order chi connectivity index (χ1) is 9.58. The van der Waals surface area contributed by atoms with E-state index < -0.39 is 23.5 Å². The molecular weight excluding hydrogens is 260 g/mol. The maximum atomic E-state index is 12.0. The molecule has 0 saturated carbocycles. The minimum absolute atomic E-state index is 0.107. The molecule has 1 atom stereocenters.